The van der Waals surface area contributed by atoms with Gasteiger partial charge in [0.15, 0.2) is 5.65 Å². The average molecular weight is 461 g/mol. The number of fused-ring (bicyclic) bond motifs is 1. The van der Waals surface area contributed by atoms with Crippen LogP contribution in [-0.2, 0) is 0 Å². The summed E-state index contributed by atoms with van der Waals surface area (Å²) in [6.45, 7) is 0.667. The van der Waals surface area contributed by atoms with Crippen LogP contribution in [-0.4, -0.2) is 35.9 Å². The Kier molecular flexibility index (Phi) is 4.79. The second-order valence-electron chi connectivity index (χ2n) is 8.13. The molecule has 0 radical (unpaired) electrons. The van der Waals surface area contributed by atoms with Crippen molar-refractivity contribution in [2.24, 2.45) is 0 Å². The van der Waals surface area contributed by atoms with E-state index in [1.807, 2.05) is 4.90 Å². The van der Waals surface area contributed by atoms with Gasteiger partial charge < -0.3 is 4.90 Å². The van der Waals surface area contributed by atoms with E-state index >= 15 is 0 Å². The largest absolute Gasteiger partial charge is 0.349 e. The van der Waals surface area contributed by atoms with Crippen molar-refractivity contribution >= 4 is 11.5 Å². The maximum Gasteiger partial charge on any atom is 0.183 e. The van der Waals surface area contributed by atoms with E-state index < -0.39 is 17.5 Å². The Balaban J connectivity index is 1.38. The maximum atomic E-state index is 14.5. The van der Waals surface area contributed by atoms with E-state index in [0.29, 0.717) is 46.8 Å². The molecule has 1 fully saturated rings. The maximum absolute atomic E-state index is 14.5. The smallest absolute Gasteiger partial charge is 0.183 e. The van der Waals surface area contributed by atoms with Gasteiger partial charge in [0.2, 0.25) is 0 Å². The Morgan fingerprint density at radius 3 is 2.74 bits per heavy atom. The topological polar surface area (TPSA) is 64.1 Å². The molecule has 1 atom stereocenters. The van der Waals surface area contributed by atoms with Crippen LogP contribution in [0.15, 0.2) is 67.5 Å². The summed E-state index contributed by atoms with van der Waals surface area (Å²) in [5.41, 5.74) is 2.45. The fraction of sp³-hybridized carbons (Fsp3) is 0.167. The van der Waals surface area contributed by atoms with Crippen molar-refractivity contribution in [3.05, 3.63) is 90.5 Å². The monoisotopic (exact) mass is 461 g/mol. The van der Waals surface area contributed by atoms with Gasteiger partial charge in [0, 0.05) is 41.8 Å². The first-order valence-corrected chi connectivity index (χ1v) is 10.8. The predicted octanol–water partition coefficient (Wildman–Crippen LogP) is 4.74. The number of nitrogens with zero attached hydrogens (tertiary/aromatic N) is 7. The summed E-state index contributed by atoms with van der Waals surface area (Å²) in [4.78, 5) is 10.5. The summed E-state index contributed by atoms with van der Waals surface area (Å²) in [5.74, 6) is -0.707. The van der Waals surface area contributed by atoms with E-state index in [1.54, 1.807) is 46.1 Å². The zero-order valence-electron chi connectivity index (χ0n) is 17.8. The van der Waals surface area contributed by atoms with Gasteiger partial charge >= 0.3 is 0 Å². The Hall–Kier alpha value is -4.21. The number of hydrogen-bond acceptors (Lipinski definition) is 5. The molecule has 1 aliphatic rings. The standard InChI is InChI=1S/C24H18F3N7/c25-16-3-4-19(26)18(10-16)21-2-1-8-32(21)23-6-9-33-24(31-23)22(13-30-33)34-14-15(11-29-34)17-5-7-28-12-20(17)27/h3-7,9-14,21H,1-2,8H2/t21-/m1/s1. The molecule has 10 heteroatoms. The van der Waals surface area contributed by atoms with E-state index in [0.717, 1.165) is 24.8 Å². The highest BCUT2D eigenvalue weighted by Crippen LogP contribution is 2.37. The van der Waals surface area contributed by atoms with E-state index in [1.165, 1.54) is 12.3 Å². The van der Waals surface area contributed by atoms with Gasteiger partial charge in [-0.25, -0.2) is 27.4 Å². The zero-order chi connectivity index (χ0) is 23.2. The summed E-state index contributed by atoms with van der Waals surface area (Å²) in [5, 5.41) is 8.72. The van der Waals surface area contributed by atoms with E-state index in [-0.39, 0.29) is 6.04 Å². The number of pyridine rings is 1. The minimum Gasteiger partial charge on any atom is -0.349 e. The van der Waals surface area contributed by atoms with Crippen LogP contribution in [0, 0.1) is 17.5 Å². The molecule has 0 unspecified atom stereocenters. The molecule has 0 bridgehead atoms. The molecule has 170 valence electrons. The fourth-order valence-electron chi connectivity index (χ4n) is 4.51. The Morgan fingerprint density at radius 1 is 0.941 bits per heavy atom. The molecule has 5 heterocycles. The van der Waals surface area contributed by atoms with Crippen LogP contribution in [0.4, 0.5) is 19.0 Å². The van der Waals surface area contributed by atoms with Crippen molar-refractivity contribution in [2.75, 3.05) is 11.4 Å². The number of hydrogen-bond donors (Lipinski definition) is 0. The predicted molar refractivity (Wildman–Crippen MR) is 119 cm³/mol. The molecule has 1 saturated heterocycles. The molecule has 34 heavy (non-hydrogen) atoms. The summed E-state index contributed by atoms with van der Waals surface area (Å²) in [6, 6.07) is 6.61. The first kappa shape index (κ1) is 20.4. The molecule has 0 spiro atoms. The first-order valence-electron chi connectivity index (χ1n) is 10.8. The van der Waals surface area contributed by atoms with Crippen molar-refractivity contribution in [1.29, 1.82) is 0 Å². The Morgan fingerprint density at radius 2 is 1.85 bits per heavy atom. The molecule has 0 saturated carbocycles. The average Bonchev–Trinajstić information content (AvgIpc) is 3.59. The fourth-order valence-corrected chi connectivity index (χ4v) is 4.51. The van der Waals surface area contributed by atoms with Crippen LogP contribution in [0.5, 0.6) is 0 Å². The van der Waals surface area contributed by atoms with E-state index in [4.69, 9.17) is 4.98 Å². The molecule has 1 aliphatic heterocycles. The Bertz CT molecular complexity index is 1510. The number of rotatable bonds is 4. The highest BCUT2D eigenvalue weighted by atomic mass is 19.1. The van der Waals surface area contributed by atoms with Crippen molar-refractivity contribution < 1.29 is 13.2 Å². The van der Waals surface area contributed by atoms with Gasteiger partial charge in [0.1, 0.15) is 29.0 Å². The normalized spacial score (nSPS) is 16.0. The molecule has 0 N–H and O–H groups in total. The molecule has 5 aromatic rings. The minimum absolute atomic E-state index is 0.317. The number of benzene rings is 1. The molecule has 0 aliphatic carbocycles. The lowest BCUT2D eigenvalue weighted by molar-refractivity contribution is 0.560. The van der Waals surface area contributed by atoms with E-state index in [9.17, 15) is 13.2 Å². The lowest BCUT2D eigenvalue weighted by Gasteiger charge is -2.26. The number of halogens is 3. The summed E-state index contributed by atoms with van der Waals surface area (Å²) in [7, 11) is 0. The molecular formula is C24H18F3N7. The van der Waals surface area contributed by atoms with Gasteiger partial charge in [-0.1, -0.05) is 0 Å². The van der Waals surface area contributed by atoms with E-state index in [2.05, 4.69) is 15.2 Å². The van der Waals surface area contributed by atoms with Crippen LogP contribution in [0.1, 0.15) is 24.4 Å². The molecule has 4 aromatic heterocycles. The summed E-state index contributed by atoms with van der Waals surface area (Å²) in [6.07, 6.45) is 10.9. The van der Waals surface area contributed by atoms with Crippen LogP contribution in [0.2, 0.25) is 0 Å². The second-order valence-corrected chi connectivity index (χ2v) is 8.13. The quantitative estimate of drug-likeness (QED) is 0.387. The van der Waals surface area contributed by atoms with Gasteiger partial charge in [-0.05, 0) is 43.2 Å². The van der Waals surface area contributed by atoms with Crippen LogP contribution < -0.4 is 4.90 Å². The summed E-state index contributed by atoms with van der Waals surface area (Å²) >= 11 is 0. The third-order valence-electron chi connectivity index (χ3n) is 6.11. The first-order chi connectivity index (χ1) is 16.6. The van der Waals surface area contributed by atoms with Crippen molar-refractivity contribution in [1.82, 2.24) is 29.4 Å². The lowest BCUT2D eigenvalue weighted by atomic mass is 10.0. The lowest BCUT2D eigenvalue weighted by Crippen LogP contribution is -2.24. The second kappa shape index (κ2) is 7.98. The molecule has 1 aromatic carbocycles. The van der Waals surface area contributed by atoms with Gasteiger partial charge in [0.05, 0.1) is 24.6 Å². The van der Waals surface area contributed by atoms with Gasteiger partial charge in [0.25, 0.3) is 0 Å². The van der Waals surface area contributed by atoms with Gasteiger partial charge in [-0.15, -0.1) is 0 Å². The SMILES string of the molecule is Fc1ccc(F)c([C@H]2CCCN2c2ccn3ncc(-n4cc(-c5ccncc5F)cn4)c3n2)c1. The minimum atomic E-state index is -0.468. The van der Waals surface area contributed by atoms with Crippen molar-refractivity contribution in [3.8, 4) is 16.8 Å². The van der Waals surface area contributed by atoms with Crippen LogP contribution in [0.3, 0.4) is 0 Å². The van der Waals surface area contributed by atoms with Crippen LogP contribution in [0.25, 0.3) is 22.5 Å². The van der Waals surface area contributed by atoms with Gasteiger partial charge in [-0.2, -0.15) is 10.2 Å². The zero-order valence-corrected chi connectivity index (χ0v) is 17.8. The number of anilines is 1. The number of aromatic nitrogens is 6. The summed E-state index contributed by atoms with van der Waals surface area (Å²) < 4.78 is 45.7. The van der Waals surface area contributed by atoms with Crippen LogP contribution >= 0.6 is 0 Å². The molecule has 6 rings (SSSR count). The molecule has 7 nitrogen and oxygen atoms in total. The third kappa shape index (κ3) is 3.38. The molecule has 0 amide bonds. The van der Waals surface area contributed by atoms with Crippen molar-refractivity contribution in [2.45, 2.75) is 18.9 Å². The highest BCUT2D eigenvalue weighted by molar-refractivity contribution is 5.65. The third-order valence-corrected chi connectivity index (χ3v) is 6.11. The highest BCUT2D eigenvalue weighted by Gasteiger charge is 2.30. The van der Waals surface area contributed by atoms with Gasteiger partial charge in [-0.3, -0.25) is 4.98 Å². The van der Waals surface area contributed by atoms with Crippen molar-refractivity contribution in [3.63, 3.8) is 0 Å². The Labute approximate surface area is 192 Å². The molecular weight excluding hydrogens is 443 g/mol.